The monoisotopic (exact) mass is 652 g/mol. The Bertz CT molecular complexity index is 2350. The summed E-state index contributed by atoms with van der Waals surface area (Å²) in [6.07, 6.45) is 15.9. The Labute approximate surface area is 298 Å². The first-order valence-corrected chi connectivity index (χ1v) is 18.7. The summed E-state index contributed by atoms with van der Waals surface area (Å²) in [5.74, 6) is 0. The topological polar surface area (TPSA) is 6.48 Å². The number of nitrogens with zero attached hydrogens (tertiary/aromatic N) is 2. The van der Waals surface area contributed by atoms with Gasteiger partial charge in [-0.15, -0.1) is 0 Å². The molecule has 0 N–H and O–H groups in total. The molecule has 0 aromatic heterocycles. The summed E-state index contributed by atoms with van der Waals surface area (Å²) in [6.45, 7) is 14.4. The number of fused-ring (bicyclic) bond motifs is 4. The first-order chi connectivity index (χ1) is 24.1. The maximum atomic E-state index is 2.57. The molecule has 4 aliphatic rings. The number of anilines is 4. The number of benzene rings is 5. The zero-order valence-corrected chi connectivity index (χ0v) is 30.5. The molecule has 2 heteroatoms. The van der Waals surface area contributed by atoms with Crippen LogP contribution < -0.4 is 9.80 Å². The summed E-state index contributed by atoms with van der Waals surface area (Å²) in [4.78, 5) is 5.11. The minimum absolute atomic E-state index is 0.0651. The van der Waals surface area contributed by atoms with Crippen molar-refractivity contribution in [1.29, 1.82) is 0 Å². The van der Waals surface area contributed by atoms with E-state index < -0.39 is 0 Å². The van der Waals surface area contributed by atoms with Gasteiger partial charge >= 0.3 is 0 Å². The van der Waals surface area contributed by atoms with Crippen LogP contribution in [-0.2, 0) is 23.7 Å². The SMILES string of the molecule is CC(C)(C)c1c2ccc(N3C4=C(C=CCC4)Cc4ccccc43)cc2c(C(C)(C)C)c2ccc(N3C4=C(CCC=C4)Cc4ccccc43)cc12. The minimum atomic E-state index is -0.0659. The minimum Gasteiger partial charge on any atom is -0.314 e. The quantitative estimate of drug-likeness (QED) is 0.175. The number of hydrogen-bond acceptors (Lipinski definition) is 2. The predicted molar refractivity (Wildman–Crippen MR) is 214 cm³/mol. The van der Waals surface area contributed by atoms with Crippen molar-refractivity contribution >= 4 is 44.3 Å². The fraction of sp³-hybridized carbons (Fsp3) is 0.292. The van der Waals surface area contributed by atoms with Crippen LogP contribution in [-0.4, -0.2) is 0 Å². The molecule has 2 nitrogen and oxygen atoms in total. The van der Waals surface area contributed by atoms with Gasteiger partial charge in [-0.1, -0.05) is 108 Å². The van der Waals surface area contributed by atoms with E-state index in [1.54, 1.807) is 5.57 Å². The molecule has 0 bridgehead atoms. The lowest BCUT2D eigenvalue weighted by Crippen LogP contribution is -2.25. The van der Waals surface area contributed by atoms with Gasteiger partial charge in [-0.05, 0) is 140 Å². The van der Waals surface area contributed by atoms with Crippen LogP contribution in [0.1, 0.15) is 89.5 Å². The van der Waals surface area contributed by atoms with E-state index in [0.29, 0.717) is 0 Å². The van der Waals surface area contributed by atoms with E-state index in [1.165, 1.54) is 83.5 Å². The van der Waals surface area contributed by atoms with Gasteiger partial charge < -0.3 is 9.80 Å². The van der Waals surface area contributed by atoms with Crippen molar-refractivity contribution in [2.45, 2.75) is 90.9 Å². The highest BCUT2D eigenvalue weighted by Gasteiger charge is 2.32. The van der Waals surface area contributed by atoms with Crippen molar-refractivity contribution in [1.82, 2.24) is 0 Å². The molecular weight excluding hydrogens is 605 g/mol. The zero-order valence-electron chi connectivity index (χ0n) is 30.5. The molecule has 5 aromatic rings. The van der Waals surface area contributed by atoms with Crippen LogP contribution in [0.5, 0.6) is 0 Å². The number of rotatable bonds is 2. The molecular formula is C48H48N2. The lowest BCUT2D eigenvalue weighted by molar-refractivity contribution is 0.593. The van der Waals surface area contributed by atoms with Gasteiger partial charge in [-0.2, -0.15) is 0 Å². The van der Waals surface area contributed by atoms with Crippen LogP contribution in [0, 0.1) is 0 Å². The standard InChI is InChI=1S/C48H48N2/c1-47(2,3)45-37-25-23-36(50-43-21-13-9-17-33(43)28-34-18-10-14-22-44(34)50)30-40(37)46(48(4,5)6)38-26-24-35(29-39(38)45)49-41-19-11-7-15-31(41)27-32-16-8-12-20-42(32)49/h7-9,11,13-17,19,21-26,29-30H,10,12,18,20,27-28H2,1-6H3. The van der Waals surface area contributed by atoms with Gasteiger partial charge in [0.15, 0.2) is 0 Å². The van der Waals surface area contributed by atoms with E-state index in [0.717, 1.165) is 38.5 Å². The fourth-order valence-electron chi connectivity index (χ4n) is 9.37. The second kappa shape index (κ2) is 11.4. The molecule has 9 rings (SSSR count). The molecule has 250 valence electrons. The molecule has 0 spiro atoms. The van der Waals surface area contributed by atoms with Gasteiger partial charge in [0.25, 0.3) is 0 Å². The molecule has 0 atom stereocenters. The predicted octanol–water partition coefficient (Wildman–Crippen LogP) is 13.2. The van der Waals surface area contributed by atoms with Gasteiger partial charge in [0.2, 0.25) is 0 Å². The highest BCUT2D eigenvalue weighted by Crippen LogP contribution is 2.50. The molecule has 0 unspecified atom stereocenters. The van der Waals surface area contributed by atoms with Crippen LogP contribution in [0.3, 0.4) is 0 Å². The maximum Gasteiger partial charge on any atom is 0.0496 e. The lowest BCUT2D eigenvalue weighted by Gasteiger charge is -2.38. The summed E-state index contributed by atoms with van der Waals surface area (Å²) >= 11 is 0. The van der Waals surface area contributed by atoms with Crippen LogP contribution in [0.4, 0.5) is 22.7 Å². The largest absolute Gasteiger partial charge is 0.314 e. The Morgan fingerprint density at radius 2 is 1.06 bits per heavy atom. The third kappa shape index (κ3) is 4.90. The van der Waals surface area contributed by atoms with E-state index in [4.69, 9.17) is 0 Å². The average molecular weight is 653 g/mol. The second-order valence-electron chi connectivity index (χ2n) is 16.8. The second-order valence-corrected chi connectivity index (χ2v) is 16.8. The summed E-state index contributed by atoms with van der Waals surface area (Å²) in [5.41, 5.74) is 16.5. The lowest BCUT2D eigenvalue weighted by atomic mass is 9.74. The molecule has 2 aliphatic heterocycles. The molecule has 0 amide bonds. The highest BCUT2D eigenvalue weighted by atomic mass is 15.2. The van der Waals surface area contributed by atoms with Crippen LogP contribution >= 0.6 is 0 Å². The summed E-state index contributed by atoms with van der Waals surface area (Å²) < 4.78 is 0. The Hall–Kier alpha value is -4.82. The molecule has 0 fully saturated rings. The third-order valence-corrected chi connectivity index (χ3v) is 11.3. The van der Waals surface area contributed by atoms with Gasteiger partial charge in [0.1, 0.15) is 0 Å². The smallest absolute Gasteiger partial charge is 0.0496 e. The van der Waals surface area contributed by atoms with Crippen LogP contribution in [0.2, 0.25) is 0 Å². The van der Waals surface area contributed by atoms with Crippen molar-refractivity contribution in [3.8, 4) is 0 Å². The Morgan fingerprint density at radius 3 is 1.70 bits per heavy atom. The third-order valence-electron chi connectivity index (χ3n) is 11.3. The molecule has 2 aliphatic carbocycles. The van der Waals surface area contributed by atoms with E-state index >= 15 is 0 Å². The normalized spacial score (nSPS) is 17.3. The number of hydrogen-bond donors (Lipinski definition) is 0. The van der Waals surface area contributed by atoms with Crippen LogP contribution in [0.25, 0.3) is 21.5 Å². The van der Waals surface area contributed by atoms with E-state index in [2.05, 4.69) is 161 Å². The number of allylic oxidation sites excluding steroid dienone is 7. The molecule has 0 radical (unpaired) electrons. The summed E-state index contributed by atoms with van der Waals surface area (Å²) in [5, 5.41) is 5.49. The van der Waals surface area contributed by atoms with Gasteiger partial charge in [0, 0.05) is 40.6 Å². The maximum absolute atomic E-state index is 2.57. The summed E-state index contributed by atoms with van der Waals surface area (Å²) in [6, 6.07) is 32.7. The van der Waals surface area contributed by atoms with E-state index in [-0.39, 0.29) is 10.8 Å². The van der Waals surface area contributed by atoms with Gasteiger partial charge in [-0.3, -0.25) is 0 Å². The van der Waals surface area contributed by atoms with Crippen LogP contribution in [0.15, 0.2) is 132 Å². The molecule has 2 heterocycles. The average Bonchev–Trinajstić information content (AvgIpc) is 3.10. The number of para-hydroxylation sites is 2. The fourth-order valence-corrected chi connectivity index (χ4v) is 9.37. The van der Waals surface area contributed by atoms with Crippen molar-refractivity contribution in [3.05, 3.63) is 154 Å². The molecule has 5 aromatic carbocycles. The van der Waals surface area contributed by atoms with Gasteiger partial charge in [-0.25, -0.2) is 0 Å². The first-order valence-electron chi connectivity index (χ1n) is 18.7. The Morgan fingerprint density at radius 1 is 0.520 bits per heavy atom. The molecule has 0 saturated heterocycles. The van der Waals surface area contributed by atoms with Crippen molar-refractivity contribution in [3.63, 3.8) is 0 Å². The Kier molecular flexibility index (Phi) is 7.08. The van der Waals surface area contributed by atoms with Crippen molar-refractivity contribution in [2.24, 2.45) is 0 Å². The van der Waals surface area contributed by atoms with Crippen molar-refractivity contribution < 1.29 is 0 Å². The zero-order chi connectivity index (χ0) is 34.4. The molecule has 0 saturated carbocycles. The van der Waals surface area contributed by atoms with Crippen molar-refractivity contribution in [2.75, 3.05) is 9.80 Å². The van der Waals surface area contributed by atoms with E-state index in [1.807, 2.05) is 0 Å². The van der Waals surface area contributed by atoms with E-state index in [9.17, 15) is 0 Å². The first kappa shape index (κ1) is 31.2. The highest BCUT2D eigenvalue weighted by molar-refractivity contribution is 6.09. The van der Waals surface area contributed by atoms with Gasteiger partial charge in [0.05, 0.1) is 0 Å². The molecule has 50 heavy (non-hydrogen) atoms. The summed E-state index contributed by atoms with van der Waals surface area (Å²) in [7, 11) is 0. The Balaban J connectivity index is 1.32.